The number of amides is 2. The molecular formula is C24H29ClN2O4. The van der Waals surface area contributed by atoms with Gasteiger partial charge in [-0.2, -0.15) is 0 Å². The van der Waals surface area contributed by atoms with Crippen molar-refractivity contribution in [3.8, 4) is 11.5 Å². The maximum atomic E-state index is 12.6. The van der Waals surface area contributed by atoms with Gasteiger partial charge < -0.3 is 19.3 Å². The lowest BCUT2D eigenvalue weighted by molar-refractivity contribution is -0.140. The van der Waals surface area contributed by atoms with Crippen LogP contribution in [0.2, 0.25) is 5.02 Å². The van der Waals surface area contributed by atoms with Crippen LogP contribution in [0.4, 0.5) is 0 Å². The van der Waals surface area contributed by atoms with Gasteiger partial charge in [0.05, 0.1) is 13.0 Å². The molecule has 2 amide bonds. The van der Waals surface area contributed by atoms with Gasteiger partial charge in [-0.15, -0.1) is 0 Å². The average Bonchev–Trinajstić information content (AvgIpc) is 2.77. The third kappa shape index (κ3) is 6.14. The van der Waals surface area contributed by atoms with E-state index in [0.29, 0.717) is 50.0 Å². The molecule has 1 saturated heterocycles. The minimum absolute atomic E-state index is 0.0271. The molecule has 7 heteroatoms. The van der Waals surface area contributed by atoms with Gasteiger partial charge in [0, 0.05) is 31.2 Å². The minimum atomic E-state index is -0.0798. The first kappa shape index (κ1) is 22.9. The Morgan fingerprint density at radius 2 is 1.42 bits per heavy atom. The number of aryl methyl sites for hydroxylation is 2. The SMILES string of the molecule is CCOc1ccc(CC(=O)N2CCN(C(=O)COc3cc(C)c(Cl)c(C)c3)CC2)cc1. The molecule has 0 radical (unpaired) electrons. The van der Waals surface area contributed by atoms with Gasteiger partial charge >= 0.3 is 0 Å². The van der Waals surface area contributed by atoms with Gasteiger partial charge in [0.1, 0.15) is 11.5 Å². The second-order valence-corrected chi connectivity index (χ2v) is 8.05. The zero-order valence-corrected chi connectivity index (χ0v) is 19.1. The molecule has 1 fully saturated rings. The topological polar surface area (TPSA) is 59.1 Å². The van der Waals surface area contributed by atoms with E-state index in [1.807, 2.05) is 62.1 Å². The van der Waals surface area contributed by atoms with Crippen molar-refractivity contribution in [2.75, 3.05) is 39.4 Å². The van der Waals surface area contributed by atoms with Gasteiger partial charge in [-0.05, 0) is 61.7 Å². The molecule has 2 aromatic rings. The largest absolute Gasteiger partial charge is 0.494 e. The summed E-state index contributed by atoms with van der Waals surface area (Å²) in [4.78, 5) is 28.7. The van der Waals surface area contributed by atoms with Crippen LogP contribution in [0, 0.1) is 13.8 Å². The van der Waals surface area contributed by atoms with Crippen LogP contribution in [-0.2, 0) is 16.0 Å². The van der Waals surface area contributed by atoms with Crippen molar-refractivity contribution in [3.05, 3.63) is 58.1 Å². The molecule has 1 aliphatic heterocycles. The number of rotatable bonds is 7. The van der Waals surface area contributed by atoms with Crippen LogP contribution in [0.1, 0.15) is 23.6 Å². The fourth-order valence-corrected chi connectivity index (χ4v) is 3.70. The van der Waals surface area contributed by atoms with Crippen molar-refractivity contribution in [1.29, 1.82) is 0 Å². The van der Waals surface area contributed by atoms with Crippen molar-refractivity contribution in [2.24, 2.45) is 0 Å². The molecule has 0 aliphatic carbocycles. The molecule has 3 rings (SSSR count). The van der Waals surface area contributed by atoms with Gasteiger partial charge in [-0.3, -0.25) is 9.59 Å². The highest BCUT2D eigenvalue weighted by Crippen LogP contribution is 2.26. The van der Waals surface area contributed by atoms with Gasteiger partial charge in [-0.1, -0.05) is 23.7 Å². The van der Waals surface area contributed by atoms with Gasteiger partial charge in [0.15, 0.2) is 6.61 Å². The van der Waals surface area contributed by atoms with Gasteiger partial charge in [0.25, 0.3) is 5.91 Å². The Morgan fingerprint density at radius 1 is 0.871 bits per heavy atom. The Labute approximate surface area is 188 Å². The second kappa shape index (κ2) is 10.5. The van der Waals surface area contributed by atoms with E-state index in [4.69, 9.17) is 21.1 Å². The number of piperazine rings is 1. The molecule has 2 aromatic carbocycles. The molecule has 0 unspecified atom stereocenters. The predicted octanol–water partition coefficient (Wildman–Crippen LogP) is 3.65. The van der Waals surface area contributed by atoms with Crippen molar-refractivity contribution in [1.82, 2.24) is 9.80 Å². The zero-order valence-electron chi connectivity index (χ0n) is 18.3. The molecule has 166 valence electrons. The fourth-order valence-electron chi connectivity index (χ4n) is 3.59. The predicted molar refractivity (Wildman–Crippen MR) is 121 cm³/mol. The van der Waals surface area contributed by atoms with Crippen molar-refractivity contribution in [3.63, 3.8) is 0 Å². The summed E-state index contributed by atoms with van der Waals surface area (Å²) < 4.78 is 11.1. The number of benzene rings is 2. The molecule has 31 heavy (non-hydrogen) atoms. The third-order valence-corrected chi connectivity index (χ3v) is 5.94. The number of nitrogens with zero attached hydrogens (tertiary/aromatic N) is 2. The summed E-state index contributed by atoms with van der Waals surface area (Å²) in [6.07, 6.45) is 0.346. The Bertz CT molecular complexity index is 899. The summed E-state index contributed by atoms with van der Waals surface area (Å²) in [5.74, 6) is 1.43. The monoisotopic (exact) mass is 444 g/mol. The minimum Gasteiger partial charge on any atom is -0.494 e. The summed E-state index contributed by atoms with van der Waals surface area (Å²) in [7, 11) is 0. The lowest BCUT2D eigenvalue weighted by Crippen LogP contribution is -2.52. The molecule has 0 spiro atoms. The zero-order chi connectivity index (χ0) is 22.4. The highest BCUT2D eigenvalue weighted by Gasteiger charge is 2.24. The molecule has 1 heterocycles. The third-order valence-electron chi connectivity index (χ3n) is 5.35. The smallest absolute Gasteiger partial charge is 0.260 e. The van der Waals surface area contributed by atoms with Crippen LogP contribution in [0.25, 0.3) is 0 Å². The fraction of sp³-hybridized carbons (Fsp3) is 0.417. The van der Waals surface area contributed by atoms with E-state index in [0.717, 1.165) is 22.4 Å². The molecular weight excluding hydrogens is 416 g/mol. The van der Waals surface area contributed by atoms with Crippen molar-refractivity contribution < 1.29 is 19.1 Å². The molecule has 0 aromatic heterocycles. The standard InChI is InChI=1S/C24H29ClN2O4/c1-4-30-20-7-5-19(6-8-20)15-22(28)26-9-11-27(12-10-26)23(29)16-31-21-13-17(2)24(25)18(3)14-21/h5-8,13-14H,4,9-12,15-16H2,1-3H3. The van der Waals surface area contributed by atoms with E-state index in [1.54, 1.807) is 4.90 Å². The Balaban J connectivity index is 1.45. The van der Waals surface area contributed by atoms with Crippen LogP contribution in [-0.4, -0.2) is 61.0 Å². The Kier molecular flexibility index (Phi) is 7.80. The quantitative estimate of drug-likeness (QED) is 0.654. The maximum Gasteiger partial charge on any atom is 0.260 e. The van der Waals surface area contributed by atoms with E-state index < -0.39 is 0 Å². The molecule has 1 aliphatic rings. The van der Waals surface area contributed by atoms with Crippen LogP contribution in [0.15, 0.2) is 36.4 Å². The number of carbonyl (C=O) groups excluding carboxylic acids is 2. The number of hydrogen-bond donors (Lipinski definition) is 0. The molecule has 0 saturated carbocycles. The first-order valence-corrected chi connectivity index (χ1v) is 10.9. The van der Waals surface area contributed by atoms with E-state index in [9.17, 15) is 9.59 Å². The van der Waals surface area contributed by atoms with Crippen LogP contribution >= 0.6 is 11.6 Å². The summed E-state index contributed by atoms with van der Waals surface area (Å²) in [6.45, 7) is 8.42. The van der Waals surface area contributed by atoms with E-state index in [2.05, 4.69) is 0 Å². The first-order chi connectivity index (χ1) is 14.9. The second-order valence-electron chi connectivity index (χ2n) is 7.68. The Hall–Kier alpha value is -2.73. The molecule has 0 bridgehead atoms. The van der Waals surface area contributed by atoms with Crippen LogP contribution in [0.5, 0.6) is 11.5 Å². The maximum absolute atomic E-state index is 12.6. The molecule has 0 N–H and O–H groups in total. The summed E-state index contributed by atoms with van der Waals surface area (Å²) in [6, 6.07) is 11.3. The number of hydrogen-bond acceptors (Lipinski definition) is 4. The van der Waals surface area contributed by atoms with Crippen molar-refractivity contribution >= 4 is 23.4 Å². The van der Waals surface area contributed by atoms with Crippen LogP contribution < -0.4 is 9.47 Å². The summed E-state index contributed by atoms with van der Waals surface area (Å²) in [5, 5.41) is 0.713. The first-order valence-electron chi connectivity index (χ1n) is 10.5. The average molecular weight is 445 g/mol. The van der Waals surface area contributed by atoms with Gasteiger partial charge in [-0.25, -0.2) is 0 Å². The number of carbonyl (C=O) groups is 2. The normalized spacial score (nSPS) is 13.8. The summed E-state index contributed by atoms with van der Waals surface area (Å²) >= 11 is 6.18. The molecule has 6 nitrogen and oxygen atoms in total. The number of ether oxygens (including phenoxy) is 2. The highest BCUT2D eigenvalue weighted by atomic mass is 35.5. The van der Waals surface area contributed by atoms with Gasteiger partial charge in [0.2, 0.25) is 5.91 Å². The Morgan fingerprint density at radius 3 is 1.97 bits per heavy atom. The van der Waals surface area contributed by atoms with E-state index in [1.165, 1.54) is 0 Å². The lowest BCUT2D eigenvalue weighted by Gasteiger charge is -2.34. The highest BCUT2D eigenvalue weighted by molar-refractivity contribution is 6.32. The van der Waals surface area contributed by atoms with Crippen molar-refractivity contribution in [2.45, 2.75) is 27.2 Å². The van der Waals surface area contributed by atoms with E-state index in [-0.39, 0.29) is 18.4 Å². The molecule has 0 atom stereocenters. The van der Waals surface area contributed by atoms with Crippen LogP contribution in [0.3, 0.4) is 0 Å². The van der Waals surface area contributed by atoms with E-state index >= 15 is 0 Å². The number of halogens is 1. The summed E-state index contributed by atoms with van der Waals surface area (Å²) in [5.41, 5.74) is 2.79. The lowest BCUT2D eigenvalue weighted by atomic mass is 10.1.